The smallest absolute Gasteiger partial charge is 0.302 e. The second kappa shape index (κ2) is 7.97. The number of piperidine rings is 1. The van der Waals surface area contributed by atoms with E-state index in [0.717, 1.165) is 12.8 Å². The number of benzene rings is 1. The van der Waals surface area contributed by atoms with Gasteiger partial charge in [-0.1, -0.05) is 6.58 Å². The van der Waals surface area contributed by atoms with E-state index in [0.29, 0.717) is 24.3 Å². The Labute approximate surface area is 186 Å². The van der Waals surface area contributed by atoms with Gasteiger partial charge >= 0.3 is 6.01 Å². The van der Waals surface area contributed by atoms with Crippen molar-refractivity contribution in [2.24, 2.45) is 0 Å². The molecule has 33 heavy (non-hydrogen) atoms. The molecule has 2 amide bonds. The van der Waals surface area contributed by atoms with Crippen molar-refractivity contribution in [2.45, 2.75) is 18.9 Å². The molecule has 12 heteroatoms. The Morgan fingerprint density at radius 2 is 2.18 bits per heavy atom. The number of amides is 2. The highest BCUT2D eigenvalue weighted by Gasteiger charge is 2.29. The highest BCUT2D eigenvalue weighted by Crippen LogP contribution is 2.29. The van der Waals surface area contributed by atoms with Gasteiger partial charge in [0.05, 0.1) is 11.4 Å². The first-order valence-electron chi connectivity index (χ1n) is 10.2. The third-order valence-corrected chi connectivity index (χ3v) is 5.53. The monoisotopic (exact) mass is 450 g/mol. The molecule has 168 valence electrons. The van der Waals surface area contributed by atoms with Crippen LogP contribution in [0, 0.1) is 5.82 Å². The standard InChI is InChI=1S/C21H19FN8O3/c1-2-15(31)29-7-3-4-12(9-29)30-19-16(18(23)24-10-25-19)17(28-30)20(32)27-21-26-13-8-11(22)5-6-14(13)33-21/h2,5-6,8,10,12H,1,3-4,7,9H2,(H2,23,24,25)(H,26,27,32). The molecule has 11 nitrogen and oxygen atoms in total. The fraction of sp³-hybridized carbons (Fsp3) is 0.238. The Morgan fingerprint density at radius 1 is 1.33 bits per heavy atom. The number of anilines is 2. The Bertz CT molecular complexity index is 1410. The summed E-state index contributed by atoms with van der Waals surface area (Å²) in [6, 6.07) is 3.52. The Hall–Kier alpha value is -4.35. The Balaban J connectivity index is 1.50. The van der Waals surface area contributed by atoms with E-state index in [9.17, 15) is 14.0 Å². The molecule has 1 aliphatic heterocycles. The number of nitrogens with two attached hydrogens (primary N) is 1. The van der Waals surface area contributed by atoms with Crippen LogP contribution in [0.4, 0.5) is 16.2 Å². The van der Waals surface area contributed by atoms with Crippen molar-refractivity contribution in [1.29, 1.82) is 0 Å². The predicted molar refractivity (Wildman–Crippen MR) is 117 cm³/mol. The molecule has 0 aliphatic carbocycles. The fourth-order valence-corrected chi connectivity index (χ4v) is 4.00. The molecule has 0 saturated carbocycles. The van der Waals surface area contributed by atoms with Gasteiger partial charge in [0.1, 0.15) is 23.5 Å². The molecule has 1 aliphatic rings. The van der Waals surface area contributed by atoms with E-state index in [1.54, 1.807) is 9.58 Å². The van der Waals surface area contributed by atoms with E-state index in [2.05, 4.69) is 31.9 Å². The number of halogens is 1. The van der Waals surface area contributed by atoms with Gasteiger partial charge in [0.25, 0.3) is 5.91 Å². The largest absolute Gasteiger partial charge is 0.423 e. The maximum atomic E-state index is 13.4. The van der Waals surface area contributed by atoms with Crippen LogP contribution in [0.15, 0.2) is 41.6 Å². The zero-order valence-electron chi connectivity index (χ0n) is 17.4. The molecule has 1 atom stereocenters. The van der Waals surface area contributed by atoms with Crippen LogP contribution in [0.2, 0.25) is 0 Å². The van der Waals surface area contributed by atoms with E-state index in [-0.39, 0.29) is 40.4 Å². The molecule has 0 bridgehead atoms. The number of nitrogen functional groups attached to an aromatic ring is 1. The molecule has 0 radical (unpaired) electrons. The Kier molecular flexibility index (Phi) is 4.96. The summed E-state index contributed by atoms with van der Waals surface area (Å²) in [5, 5.41) is 7.30. The van der Waals surface area contributed by atoms with Crippen LogP contribution in [0.1, 0.15) is 29.4 Å². The summed E-state index contributed by atoms with van der Waals surface area (Å²) >= 11 is 0. The zero-order valence-corrected chi connectivity index (χ0v) is 17.4. The number of fused-ring (bicyclic) bond motifs is 2. The molecule has 3 N–H and O–H groups in total. The maximum absolute atomic E-state index is 13.4. The second-order valence-corrected chi connectivity index (χ2v) is 7.62. The molecular formula is C21H19FN8O3. The number of rotatable bonds is 4. The fourth-order valence-electron chi connectivity index (χ4n) is 4.00. The minimum atomic E-state index is -0.637. The summed E-state index contributed by atoms with van der Waals surface area (Å²) in [5.74, 6) is -1.19. The van der Waals surface area contributed by atoms with Crippen molar-refractivity contribution in [3.63, 3.8) is 0 Å². The first-order chi connectivity index (χ1) is 15.9. The number of hydrogen-bond donors (Lipinski definition) is 2. The quantitative estimate of drug-likeness (QED) is 0.451. The van der Waals surface area contributed by atoms with Crippen LogP contribution in [0.25, 0.3) is 22.1 Å². The molecule has 3 aromatic heterocycles. The lowest BCUT2D eigenvalue weighted by Crippen LogP contribution is -2.40. The van der Waals surface area contributed by atoms with Crippen LogP contribution >= 0.6 is 0 Å². The molecule has 4 aromatic rings. The second-order valence-electron chi connectivity index (χ2n) is 7.62. The van der Waals surface area contributed by atoms with Crippen molar-refractivity contribution < 1.29 is 18.4 Å². The third-order valence-electron chi connectivity index (χ3n) is 5.53. The van der Waals surface area contributed by atoms with Crippen LogP contribution < -0.4 is 11.1 Å². The van der Waals surface area contributed by atoms with Crippen LogP contribution in [-0.4, -0.2) is 54.5 Å². The molecule has 5 rings (SSSR count). The molecule has 1 aromatic carbocycles. The number of carbonyl (C=O) groups excluding carboxylic acids is 2. The van der Waals surface area contributed by atoms with Gasteiger partial charge in [0.15, 0.2) is 16.9 Å². The number of likely N-dealkylation sites (tertiary alicyclic amines) is 1. The zero-order chi connectivity index (χ0) is 23.1. The summed E-state index contributed by atoms with van der Waals surface area (Å²) in [6.45, 7) is 4.55. The highest BCUT2D eigenvalue weighted by molar-refractivity contribution is 6.12. The van der Waals surface area contributed by atoms with Gasteiger partial charge < -0.3 is 15.1 Å². The van der Waals surface area contributed by atoms with Gasteiger partial charge in [-0.2, -0.15) is 10.1 Å². The van der Waals surface area contributed by atoms with E-state index < -0.39 is 11.7 Å². The van der Waals surface area contributed by atoms with Gasteiger partial charge in [-0.25, -0.2) is 19.0 Å². The molecule has 4 heterocycles. The Morgan fingerprint density at radius 3 is 3.00 bits per heavy atom. The lowest BCUT2D eigenvalue weighted by atomic mass is 10.1. The SMILES string of the molecule is C=CC(=O)N1CCCC(n2nc(C(=O)Nc3nc4cc(F)ccc4o3)c3c(N)ncnc32)C1. The summed E-state index contributed by atoms with van der Waals surface area (Å²) in [5.41, 5.74) is 7.01. The van der Waals surface area contributed by atoms with Crippen LogP contribution in [-0.2, 0) is 4.79 Å². The van der Waals surface area contributed by atoms with Crippen molar-refractivity contribution in [1.82, 2.24) is 29.6 Å². The average Bonchev–Trinajstić information content (AvgIpc) is 3.40. The van der Waals surface area contributed by atoms with Gasteiger partial charge in [-0.15, -0.1) is 0 Å². The third kappa shape index (κ3) is 3.64. The first-order valence-corrected chi connectivity index (χ1v) is 10.2. The molecular weight excluding hydrogens is 431 g/mol. The molecule has 1 saturated heterocycles. The minimum Gasteiger partial charge on any atom is -0.423 e. The summed E-state index contributed by atoms with van der Waals surface area (Å²) < 4.78 is 20.5. The van der Waals surface area contributed by atoms with E-state index in [1.807, 2.05) is 0 Å². The van der Waals surface area contributed by atoms with Gasteiger partial charge in [0.2, 0.25) is 5.91 Å². The van der Waals surface area contributed by atoms with E-state index >= 15 is 0 Å². The van der Waals surface area contributed by atoms with Crippen molar-refractivity contribution in [3.05, 3.63) is 48.7 Å². The average molecular weight is 450 g/mol. The van der Waals surface area contributed by atoms with Gasteiger partial charge in [-0.05, 0) is 31.1 Å². The number of hydrogen-bond acceptors (Lipinski definition) is 8. The number of aromatic nitrogens is 5. The van der Waals surface area contributed by atoms with E-state index in [4.69, 9.17) is 10.2 Å². The van der Waals surface area contributed by atoms with Crippen LogP contribution in [0.5, 0.6) is 0 Å². The lowest BCUT2D eigenvalue weighted by Gasteiger charge is -2.32. The topological polar surface area (TPSA) is 145 Å². The number of carbonyl (C=O) groups is 2. The van der Waals surface area contributed by atoms with Crippen LogP contribution in [0.3, 0.4) is 0 Å². The normalized spacial score (nSPS) is 16.3. The lowest BCUT2D eigenvalue weighted by molar-refractivity contribution is -0.127. The van der Waals surface area contributed by atoms with Crippen molar-refractivity contribution >= 4 is 45.8 Å². The highest BCUT2D eigenvalue weighted by atomic mass is 19.1. The minimum absolute atomic E-state index is 0.0105. The number of oxazole rings is 1. The summed E-state index contributed by atoms with van der Waals surface area (Å²) in [4.78, 5) is 39.2. The summed E-state index contributed by atoms with van der Waals surface area (Å²) in [7, 11) is 0. The molecule has 1 fully saturated rings. The molecule has 1 unspecified atom stereocenters. The molecule has 0 spiro atoms. The summed E-state index contributed by atoms with van der Waals surface area (Å²) in [6.07, 6.45) is 4.06. The first kappa shape index (κ1) is 20.5. The van der Waals surface area contributed by atoms with Gasteiger partial charge in [-0.3, -0.25) is 14.9 Å². The van der Waals surface area contributed by atoms with E-state index in [1.165, 1.54) is 30.6 Å². The maximum Gasteiger partial charge on any atom is 0.302 e. The van der Waals surface area contributed by atoms with Crippen molar-refractivity contribution in [3.8, 4) is 0 Å². The van der Waals surface area contributed by atoms with Gasteiger partial charge in [0, 0.05) is 19.2 Å². The predicted octanol–water partition coefficient (Wildman–Crippen LogP) is 2.29. The number of nitrogens with zero attached hydrogens (tertiary/aromatic N) is 6. The number of nitrogens with one attached hydrogen (secondary N) is 1. The van der Waals surface area contributed by atoms with Crippen molar-refractivity contribution in [2.75, 3.05) is 24.1 Å².